The van der Waals surface area contributed by atoms with E-state index in [2.05, 4.69) is 0 Å². The van der Waals surface area contributed by atoms with E-state index in [1.54, 1.807) is 71.9 Å². The summed E-state index contributed by atoms with van der Waals surface area (Å²) in [7, 11) is 0. The number of ketones is 1. The van der Waals surface area contributed by atoms with Gasteiger partial charge in [-0.3, -0.25) is 14.4 Å². The second-order valence-electron chi connectivity index (χ2n) is 10.9. The Balaban J connectivity index is 2.48. The van der Waals surface area contributed by atoms with Crippen molar-refractivity contribution < 1.29 is 28.6 Å². The van der Waals surface area contributed by atoms with Crippen LogP contribution in [0.1, 0.15) is 89.4 Å². The molecule has 0 N–H and O–H groups in total. The van der Waals surface area contributed by atoms with Crippen molar-refractivity contribution in [2.24, 2.45) is 10.8 Å². The maximum Gasteiger partial charge on any atom is 0.316 e. The standard InChI is InChI=1S/C31H40O6/c1-10-20-19-21(11-2)27(37-29(34)31(7,8)9)24(26(20)35-12-3)17-18-25(32)22-13-15-23(16-14-22)36-28(33)30(4,5)6/h13-19H,10-12H2,1-9H3. The summed E-state index contributed by atoms with van der Waals surface area (Å²) < 4.78 is 17.3. The van der Waals surface area contributed by atoms with Crippen LogP contribution in [0.5, 0.6) is 17.2 Å². The van der Waals surface area contributed by atoms with Gasteiger partial charge in [0.15, 0.2) is 5.78 Å². The summed E-state index contributed by atoms with van der Waals surface area (Å²) in [6, 6.07) is 8.43. The highest BCUT2D eigenvalue weighted by molar-refractivity contribution is 6.07. The van der Waals surface area contributed by atoms with Crippen molar-refractivity contribution in [3.63, 3.8) is 0 Å². The number of carbonyl (C=O) groups excluding carboxylic acids is 3. The summed E-state index contributed by atoms with van der Waals surface area (Å²) in [5, 5.41) is 0. The molecule has 0 bridgehead atoms. The average molecular weight is 509 g/mol. The van der Waals surface area contributed by atoms with Gasteiger partial charge in [0.25, 0.3) is 0 Å². The number of ether oxygens (including phenoxy) is 3. The van der Waals surface area contributed by atoms with Gasteiger partial charge in [-0.15, -0.1) is 0 Å². The van der Waals surface area contributed by atoms with E-state index in [-0.39, 0.29) is 17.7 Å². The van der Waals surface area contributed by atoms with Crippen molar-refractivity contribution in [3.8, 4) is 17.2 Å². The SMILES string of the molecule is CCOc1c(CC)cc(CC)c(OC(=O)C(C)(C)C)c1C=CC(=O)c1ccc(OC(=O)C(C)(C)C)cc1. The summed E-state index contributed by atoms with van der Waals surface area (Å²) >= 11 is 0. The Bertz CT molecular complexity index is 1160. The molecule has 0 aliphatic rings. The van der Waals surface area contributed by atoms with Crippen molar-refractivity contribution in [2.75, 3.05) is 6.61 Å². The van der Waals surface area contributed by atoms with E-state index < -0.39 is 10.8 Å². The molecule has 200 valence electrons. The maximum absolute atomic E-state index is 13.0. The van der Waals surface area contributed by atoms with Gasteiger partial charge in [-0.25, -0.2) is 0 Å². The number of benzene rings is 2. The molecule has 0 saturated carbocycles. The Labute approximate surface area is 221 Å². The number of hydrogen-bond acceptors (Lipinski definition) is 6. The number of rotatable bonds is 9. The molecule has 0 amide bonds. The molecule has 6 heteroatoms. The first-order valence-corrected chi connectivity index (χ1v) is 12.8. The number of aryl methyl sites for hydroxylation is 2. The Kier molecular flexibility index (Phi) is 9.85. The van der Waals surface area contributed by atoms with Crippen molar-refractivity contribution in [2.45, 2.75) is 75.2 Å². The highest BCUT2D eigenvalue weighted by Crippen LogP contribution is 2.39. The molecule has 2 aromatic carbocycles. The maximum atomic E-state index is 13.0. The van der Waals surface area contributed by atoms with Gasteiger partial charge in [0.1, 0.15) is 17.2 Å². The number of hydrogen-bond donors (Lipinski definition) is 0. The van der Waals surface area contributed by atoms with Crippen LogP contribution in [0.2, 0.25) is 0 Å². The summed E-state index contributed by atoms with van der Waals surface area (Å²) in [4.78, 5) is 38.0. The second kappa shape index (κ2) is 12.2. The van der Waals surface area contributed by atoms with Crippen LogP contribution in [0.4, 0.5) is 0 Å². The second-order valence-corrected chi connectivity index (χ2v) is 10.9. The molecule has 0 unspecified atom stereocenters. The molecule has 0 aliphatic heterocycles. The zero-order valence-electron chi connectivity index (χ0n) is 23.6. The van der Waals surface area contributed by atoms with Crippen LogP contribution in [0, 0.1) is 10.8 Å². The van der Waals surface area contributed by atoms with E-state index in [0.29, 0.717) is 41.4 Å². The third kappa shape index (κ3) is 7.78. The largest absolute Gasteiger partial charge is 0.493 e. The van der Waals surface area contributed by atoms with E-state index in [1.165, 1.54) is 6.08 Å². The third-order valence-electron chi connectivity index (χ3n) is 5.64. The molecular weight excluding hydrogens is 468 g/mol. The molecule has 0 saturated heterocycles. The Morgan fingerprint density at radius 3 is 1.76 bits per heavy atom. The molecule has 6 nitrogen and oxygen atoms in total. The normalized spacial score (nSPS) is 11.9. The molecule has 0 aromatic heterocycles. The van der Waals surface area contributed by atoms with Gasteiger partial charge in [0.2, 0.25) is 0 Å². The molecular formula is C31H40O6. The fraction of sp³-hybridized carbons (Fsp3) is 0.452. The summed E-state index contributed by atoms with van der Waals surface area (Å²) in [5.41, 5.74) is 1.52. The van der Waals surface area contributed by atoms with Gasteiger partial charge in [0, 0.05) is 5.56 Å². The smallest absolute Gasteiger partial charge is 0.316 e. The quantitative estimate of drug-likeness (QED) is 0.157. The van der Waals surface area contributed by atoms with E-state index >= 15 is 0 Å². The van der Waals surface area contributed by atoms with Gasteiger partial charge < -0.3 is 14.2 Å². The van der Waals surface area contributed by atoms with E-state index in [4.69, 9.17) is 14.2 Å². The van der Waals surface area contributed by atoms with E-state index in [1.807, 2.05) is 26.8 Å². The topological polar surface area (TPSA) is 78.9 Å². The van der Waals surface area contributed by atoms with Crippen LogP contribution in [-0.2, 0) is 22.4 Å². The van der Waals surface area contributed by atoms with Gasteiger partial charge in [0.05, 0.1) is 23.0 Å². The van der Waals surface area contributed by atoms with Gasteiger partial charge in [-0.1, -0.05) is 13.8 Å². The Morgan fingerprint density at radius 2 is 1.27 bits per heavy atom. The van der Waals surface area contributed by atoms with Crippen LogP contribution in [0.15, 0.2) is 36.4 Å². The first-order chi connectivity index (χ1) is 17.2. The van der Waals surface area contributed by atoms with Gasteiger partial charge in [-0.05, 0) is 115 Å². The van der Waals surface area contributed by atoms with Crippen LogP contribution in [-0.4, -0.2) is 24.3 Å². The van der Waals surface area contributed by atoms with Crippen molar-refractivity contribution >= 4 is 23.8 Å². The minimum atomic E-state index is -0.699. The van der Waals surface area contributed by atoms with Crippen LogP contribution in [0.25, 0.3) is 6.08 Å². The van der Waals surface area contributed by atoms with Gasteiger partial charge in [-0.2, -0.15) is 0 Å². The van der Waals surface area contributed by atoms with Crippen molar-refractivity contribution in [3.05, 3.63) is 58.7 Å². The van der Waals surface area contributed by atoms with Crippen LogP contribution >= 0.6 is 0 Å². The molecule has 0 heterocycles. The highest BCUT2D eigenvalue weighted by atomic mass is 16.5. The minimum Gasteiger partial charge on any atom is -0.493 e. The molecule has 0 atom stereocenters. The molecule has 0 fully saturated rings. The lowest BCUT2D eigenvalue weighted by atomic mass is 9.95. The fourth-order valence-corrected chi connectivity index (χ4v) is 3.35. The lowest BCUT2D eigenvalue weighted by Crippen LogP contribution is -2.26. The first kappa shape index (κ1) is 29.8. The molecule has 2 rings (SSSR count). The van der Waals surface area contributed by atoms with Crippen LogP contribution < -0.4 is 14.2 Å². The summed E-state index contributed by atoms with van der Waals surface area (Å²) in [6.07, 6.45) is 4.47. The molecule has 37 heavy (non-hydrogen) atoms. The number of carbonyl (C=O) groups is 3. The van der Waals surface area contributed by atoms with Crippen molar-refractivity contribution in [1.29, 1.82) is 0 Å². The Morgan fingerprint density at radius 1 is 0.757 bits per heavy atom. The highest BCUT2D eigenvalue weighted by Gasteiger charge is 2.27. The molecule has 0 aliphatic carbocycles. The lowest BCUT2D eigenvalue weighted by Gasteiger charge is -2.22. The predicted octanol–water partition coefficient (Wildman–Crippen LogP) is 7.01. The minimum absolute atomic E-state index is 0.246. The molecule has 2 aromatic rings. The monoisotopic (exact) mass is 508 g/mol. The first-order valence-electron chi connectivity index (χ1n) is 12.8. The molecule has 0 spiro atoms. The number of esters is 2. The molecule has 0 radical (unpaired) electrons. The lowest BCUT2D eigenvalue weighted by molar-refractivity contribution is -0.143. The average Bonchev–Trinajstić information content (AvgIpc) is 2.82. The van der Waals surface area contributed by atoms with Gasteiger partial charge >= 0.3 is 11.9 Å². The summed E-state index contributed by atoms with van der Waals surface area (Å²) in [5.74, 6) is 0.428. The summed E-state index contributed by atoms with van der Waals surface area (Å²) in [6.45, 7) is 17.1. The zero-order chi connectivity index (χ0) is 28.0. The number of allylic oxidation sites excluding steroid dienone is 1. The fourth-order valence-electron chi connectivity index (χ4n) is 3.35. The van der Waals surface area contributed by atoms with Crippen LogP contribution in [0.3, 0.4) is 0 Å². The zero-order valence-corrected chi connectivity index (χ0v) is 23.6. The van der Waals surface area contributed by atoms with Crippen molar-refractivity contribution in [1.82, 2.24) is 0 Å². The Hall–Kier alpha value is -3.41. The third-order valence-corrected chi connectivity index (χ3v) is 5.64. The predicted molar refractivity (Wildman–Crippen MR) is 146 cm³/mol. The van der Waals surface area contributed by atoms with E-state index in [9.17, 15) is 14.4 Å². The van der Waals surface area contributed by atoms with E-state index in [0.717, 1.165) is 17.5 Å².